The number of pyridine rings is 1. The van der Waals surface area contributed by atoms with Crippen molar-refractivity contribution in [1.82, 2.24) is 39.2 Å². The number of para-hydroxylation sites is 1. The lowest BCUT2D eigenvalue weighted by Crippen LogP contribution is -2.48. The molecule has 1 unspecified atom stereocenters. The number of aromatic nitrogens is 6. The standard InChI is InChI=1S/C34H31N9O3/c1-22(38-33(45)30-31(35)39-41-14-6-13-36-32(30)41)28-17-25-8-5-7-24(29(25)34(46)43(28)26-9-3-2-4-10-26)12-11-23-18-37-42(19-23)27-20-40(21-27)15-16-44/h2-10,13-14,17-19,22,27,44H,15-16,20-21H2,1H3,(H2,35,39)(H,38,45). The fraction of sp³-hybridized carbons (Fsp3) is 0.206. The van der Waals surface area contributed by atoms with Gasteiger partial charge in [-0.25, -0.2) is 9.50 Å². The van der Waals surface area contributed by atoms with E-state index in [1.807, 2.05) is 72.4 Å². The molecule has 7 rings (SSSR count). The fourth-order valence-electron chi connectivity index (χ4n) is 5.89. The van der Waals surface area contributed by atoms with Crippen molar-refractivity contribution in [3.8, 4) is 17.5 Å². The average molecular weight is 614 g/mol. The lowest BCUT2D eigenvalue weighted by Gasteiger charge is -2.38. The summed E-state index contributed by atoms with van der Waals surface area (Å²) in [5.74, 6) is 6.00. The van der Waals surface area contributed by atoms with Gasteiger partial charge in [0.1, 0.15) is 5.56 Å². The molecule has 12 nitrogen and oxygen atoms in total. The molecule has 1 fully saturated rings. The van der Waals surface area contributed by atoms with Crippen molar-refractivity contribution < 1.29 is 9.90 Å². The number of β-amino-alcohol motifs (C(OH)–C–C–N with tert-alkyl or cyclic N) is 1. The van der Waals surface area contributed by atoms with E-state index >= 15 is 0 Å². The maximum Gasteiger partial charge on any atom is 0.264 e. The Morgan fingerprint density at radius 3 is 2.76 bits per heavy atom. The average Bonchev–Trinajstić information content (AvgIpc) is 3.65. The highest BCUT2D eigenvalue weighted by molar-refractivity contribution is 6.04. The molecule has 0 spiro atoms. The molecule has 0 bridgehead atoms. The van der Waals surface area contributed by atoms with Gasteiger partial charge in [-0.15, -0.1) is 5.10 Å². The maximum absolute atomic E-state index is 14.4. The molecule has 4 aromatic heterocycles. The highest BCUT2D eigenvalue weighted by Crippen LogP contribution is 2.25. The van der Waals surface area contributed by atoms with Gasteiger partial charge in [0.05, 0.1) is 35.8 Å². The van der Waals surface area contributed by atoms with E-state index in [0.717, 1.165) is 18.7 Å². The summed E-state index contributed by atoms with van der Waals surface area (Å²) in [4.78, 5) is 34.3. The number of nitrogen functional groups attached to an aromatic ring is 1. The van der Waals surface area contributed by atoms with Crippen molar-refractivity contribution in [2.24, 2.45) is 0 Å². The van der Waals surface area contributed by atoms with Gasteiger partial charge in [0.25, 0.3) is 11.5 Å². The van der Waals surface area contributed by atoms with Gasteiger partial charge < -0.3 is 16.2 Å². The lowest BCUT2D eigenvalue weighted by atomic mass is 10.0. The third kappa shape index (κ3) is 5.27. The Balaban J connectivity index is 1.25. The first kappa shape index (κ1) is 29.0. The van der Waals surface area contributed by atoms with E-state index in [9.17, 15) is 9.59 Å². The van der Waals surface area contributed by atoms with Crippen LogP contribution in [0.5, 0.6) is 0 Å². The number of benzene rings is 2. The Labute approximate surface area is 263 Å². The van der Waals surface area contributed by atoms with Crippen molar-refractivity contribution in [2.45, 2.75) is 19.0 Å². The van der Waals surface area contributed by atoms with E-state index in [0.29, 0.717) is 39.9 Å². The Bertz CT molecular complexity index is 2200. The number of fused-ring (bicyclic) bond motifs is 2. The largest absolute Gasteiger partial charge is 0.395 e. The zero-order valence-electron chi connectivity index (χ0n) is 25.0. The minimum Gasteiger partial charge on any atom is -0.395 e. The fourth-order valence-corrected chi connectivity index (χ4v) is 5.89. The Kier molecular flexibility index (Phi) is 7.53. The monoisotopic (exact) mass is 613 g/mol. The van der Waals surface area contributed by atoms with E-state index in [-0.39, 0.29) is 29.6 Å². The molecule has 0 radical (unpaired) electrons. The normalized spacial score (nSPS) is 14.1. The molecule has 0 aliphatic carbocycles. The number of likely N-dealkylation sites (tertiary alicyclic amines) is 1. The summed E-state index contributed by atoms with van der Waals surface area (Å²) in [5, 5.41) is 22.0. The summed E-state index contributed by atoms with van der Waals surface area (Å²) >= 11 is 0. The number of nitrogens with zero attached hydrogens (tertiary/aromatic N) is 7. The van der Waals surface area contributed by atoms with Gasteiger partial charge in [-0.1, -0.05) is 42.2 Å². The first-order valence-corrected chi connectivity index (χ1v) is 14.9. The number of carbonyl (C=O) groups is 1. The van der Waals surface area contributed by atoms with Crippen LogP contribution in [0.2, 0.25) is 0 Å². The van der Waals surface area contributed by atoms with Crippen molar-refractivity contribution in [2.75, 3.05) is 32.0 Å². The SMILES string of the molecule is CC(NC(=O)c1c(N)nn2cccnc12)c1cc2cccc(C#Cc3cnn(C4CN(CCO)C4)c3)c2c(=O)n1-c1ccccc1. The van der Waals surface area contributed by atoms with Crippen molar-refractivity contribution in [3.63, 3.8) is 0 Å². The van der Waals surface area contributed by atoms with Crippen LogP contribution in [-0.4, -0.2) is 71.1 Å². The first-order valence-electron chi connectivity index (χ1n) is 14.9. The number of hydrogen-bond donors (Lipinski definition) is 3. The zero-order valence-corrected chi connectivity index (χ0v) is 25.0. The maximum atomic E-state index is 14.4. The molecule has 0 saturated carbocycles. The van der Waals surface area contributed by atoms with E-state index in [1.165, 1.54) is 4.52 Å². The number of carbonyl (C=O) groups excluding carboxylic acids is 1. The second-order valence-electron chi connectivity index (χ2n) is 11.3. The van der Waals surface area contributed by atoms with E-state index in [4.69, 9.17) is 10.8 Å². The topological polar surface area (TPSA) is 149 Å². The predicted octanol–water partition coefficient (Wildman–Crippen LogP) is 2.55. The van der Waals surface area contributed by atoms with Crippen molar-refractivity contribution in [3.05, 3.63) is 118 Å². The lowest BCUT2D eigenvalue weighted by molar-refractivity contribution is 0.0774. The highest BCUT2D eigenvalue weighted by Gasteiger charge is 2.28. The second kappa shape index (κ2) is 12.0. The summed E-state index contributed by atoms with van der Waals surface area (Å²) < 4.78 is 4.98. The van der Waals surface area contributed by atoms with Crippen LogP contribution in [0.3, 0.4) is 0 Å². The zero-order chi connectivity index (χ0) is 31.8. The molecular formula is C34H31N9O3. The van der Waals surface area contributed by atoms with Gasteiger partial charge in [-0.3, -0.25) is 23.7 Å². The van der Waals surface area contributed by atoms with E-state index < -0.39 is 11.9 Å². The number of anilines is 1. The number of aliphatic hydroxyl groups excluding tert-OH is 1. The van der Waals surface area contributed by atoms with E-state index in [1.54, 1.807) is 29.2 Å². The van der Waals surface area contributed by atoms with Crippen LogP contribution >= 0.6 is 0 Å². The number of amides is 1. The van der Waals surface area contributed by atoms with Crippen LogP contribution in [0.15, 0.2) is 90.2 Å². The van der Waals surface area contributed by atoms with Gasteiger partial charge in [0.15, 0.2) is 11.5 Å². The minimum absolute atomic E-state index is 0.0625. The second-order valence-corrected chi connectivity index (χ2v) is 11.3. The van der Waals surface area contributed by atoms with Gasteiger partial charge in [0, 0.05) is 55.2 Å². The highest BCUT2D eigenvalue weighted by atomic mass is 16.3. The van der Waals surface area contributed by atoms with Crippen LogP contribution < -0.4 is 16.6 Å². The molecular weight excluding hydrogens is 582 g/mol. The molecule has 1 aliphatic rings. The predicted molar refractivity (Wildman–Crippen MR) is 174 cm³/mol. The minimum atomic E-state index is -0.594. The van der Waals surface area contributed by atoms with Gasteiger partial charge in [-0.2, -0.15) is 5.10 Å². The molecule has 4 N–H and O–H groups in total. The molecule has 230 valence electrons. The quantitative estimate of drug-likeness (QED) is 0.233. The summed E-state index contributed by atoms with van der Waals surface area (Å²) in [6.07, 6.45) is 6.88. The molecule has 6 aromatic rings. The Morgan fingerprint density at radius 2 is 1.96 bits per heavy atom. The molecule has 1 atom stereocenters. The summed E-state index contributed by atoms with van der Waals surface area (Å²) in [6, 6.07) is 18.1. The summed E-state index contributed by atoms with van der Waals surface area (Å²) in [7, 11) is 0. The van der Waals surface area contributed by atoms with Crippen LogP contribution in [0.1, 0.15) is 46.2 Å². The van der Waals surface area contributed by atoms with Gasteiger partial charge in [0.2, 0.25) is 0 Å². The van der Waals surface area contributed by atoms with Crippen LogP contribution in [0, 0.1) is 11.8 Å². The first-order chi connectivity index (χ1) is 22.4. The Hall–Kier alpha value is -5.77. The van der Waals surface area contributed by atoms with Crippen molar-refractivity contribution >= 4 is 28.1 Å². The molecule has 1 amide bonds. The van der Waals surface area contributed by atoms with Crippen LogP contribution in [0.25, 0.3) is 22.1 Å². The smallest absolute Gasteiger partial charge is 0.264 e. The van der Waals surface area contributed by atoms with E-state index in [2.05, 4.69) is 37.2 Å². The summed E-state index contributed by atoms with van der Waals surface area (Å²) in [6.45, 7) is 4.29. The molecule has 12 heteroatoms. The number of hydrogen-bond acceptors (Lipinski definition) is 8. The number of nitrogens with two attached hydrogens (primary N) is 1. The van der Waals surface area contributed by atoms with Gasteiger partial charge in [-0.05, 0) is 42.6 Å². The number of rotatable bonds is 7. The number of nitrogens with one attached hydrogen (secondary N) is 1. The third-order valence-corrected chi connectivity index (χ3v) is 8.20. The van der Waals surface area contributed by atoms with Crippen LogP contribution in [-0.2, 0) is 0 Å². The molecule has 46 heavy (non-hydrogen) atoms. The molecule has 5 heterocycles. The van der Waals surface area contributed by atoms with Crippen molar-refractivity contribution in [1.29, 1.82) is 0 Å². The van der Waals surface area contributed by atoms with Crippen LogP contribution in [0.4, 0.5) is 5.82 Å². The third-order valence-electron chi connectivity index (χ3n) is 8.20. The van der Waals surface area contributed by atoms with Gasteiger partial charge >= 0.3 is 0 Å². The molecule has 2 aromatic carbocycles. The number of aliphatic hydroxyl groups is 1. The molecule has 1 saturated heterocycles. The summed E-state index contributed by atoms with van der Waals surface area (Å²) in [5.41, 5.74) is 8.93. The molecule has 1 aliphatic heterocycles. The Morgan fingerprint density at radius 1 is 1.13 bits per heavy atom.